The molecule has 0 saturated heterocycles. The quantitative estimate of drug-likeness (QED) is 0.857. The summed E-state index contributed by atoms with van der Waals surface area (Å²) >= 11 is 0. The van der Waals surface area contributed by atoms with Gasteiger partial charge in [0.25, 0.3) is 0 Å². The average Bonchev–Trinajstić information content (AvgIpc) is 3.38. The van der Waals surface area contributed by atoms with Gasteiger partial charge in [-0.05, 0) is 31.4 Å². The molecule has 0 radical (unpaired) electrons. The molecule has 0 bridgehead atoms. The van der Waals surface area contributed by atoms with Crippen LogP contribution in [0.15, 0.2) is 24.3 Å². The van der Waals surface area contributed by atoms with E-state index in [0.717, 1.165) is 30.6 Å². The first-order valence-electron chi connectivity index (χ1n) is 7.92. The molecule has 0 N–H and O–H groups in total. The van der Waals surface area contributed by atoms with Gasteiger partial charge in [0.15, 0.2) is 0 Å². The summed E-state index contributed by atoms with van der Waals surface area (Å²) in [4.78, 5) is 28.6. The molecule has 118 valence electrons. The lowest BCUT2D eigenvalue weighted by molar-refractivity contribution is -0.120. The Morgan fingerprint density at radius 1 is 1.14 bits per heavy atom. The molecule has 1 fully saturated rings. The first-order chi connectivity index (χ1) is 10.7. The summed E-state index contributed by atoms with van der Waals surface area (Å²) in [6.45, 7) is 1.75. The number of nitrogens with zero attached hydrogens (tertiary/aromatic N) is 2. The highest BCUT2D eigenvalue weighted by Crippen LogP contribution is 2.37. The summed E-state index contributed by atoms with van der Waals surface area (Å²) < 4.78 is 5.01. The molecule has 0 atom stereocenters. The topological polar surface area (TPSA) is 49.9 Å². The van der Waals surface area contributed by atoms with E-state index < -0.39 is 0 Å². The second-order valence-corrected chi connectivity index (χ2v) is 5.89. The van der Waals surface area contributed by atoms with Crippen molar-refractivity contribution < 1.29 is 14.3 Å². The monoisotopic (exact) mass is 302 g/mol. The molecule has 5 heteroatoms. The normalized spacial score (nSPS) is 17.9. The first kappa shape index (κ1) is 15.0. The number of para-hydroxylation sites is 2. The SMILES string of the molecule is COCCC(=O)N1CCCN(C(=O)C2CC2)c2ccccc21. The molecule has 2 amide bonds. The molecule has 1 aliphatic heterocycles. The third-order valence-corrected chi connectivity index (χ3v) is 4.24. The molecular weight excluding hydrogens is 280 g/mol. The van der Waals surface area contributed by atoms with E-state index in [1.165, 1.54) is 0 Å². The minimum atomic E-state index is 0.0509. The molecule has 3 rings (SSSR count). The third-order valence-electron chi connectivity index (χ3n) is 4.24. The van der Waals surface area contributed by atoms with Crippen LogP contribution in [0.25, 0.3) is 0 Å². The van der Waals surface area contributed by atoms with Gasteiger partial charge in [0.2, 0.25) is 11.8 Å². The van der Waals surface area contributed by atoms with Crippen LogP contribution in [0, 0.1) is 5.92 Å². The fourth-order valence-electron chi connectivity index (χ4n) is 2.91. The summed E-state index contributed by atoms with van der Waals surface area (Å²) in [7, 11) is 1.60. The Morgan fingerprint density at radius 2 is 1.77 bits per heavy atom. The number of carbonyl (C=O) groups excluding carboxylic acids is 2. The number of hydrogen-bond acceptors (Lipinski definition) is 3. The number of ether oxygens (including phenoxy) is 1. The number of benzene rings is 1. The standard InChI is InChI=1S/C17H22N2O3/c1-22-12-9-16(20)18-10-4-11-19(17(21)13-7-8-13)15-6-3-2-5-14(15)18/h2-3,5-6,13H,4,7-12H2,1H3. The average molecular weight is 302 g/mol. The summed E-state index contributed by atoms with van der Waals surface area (Å²) in [6, 6.07) is 7.71. The van der Waals surface area contributed by atoms with Crippen molar-refractivity contribution in [2.24, 2.45) is 5.92 Å². The van der Waals surface area contributed by atoms with Gasteiger partial charge in [-0.1, -0.05) is 12.1 Å². The lowest BCUT2D eigenvalue weighted by Gasteiger charge is -2.25. The van der Waals surface area contributed by atoms with Crippen molar-refractivity contribution >= 4 is 23.2 Å². The van der Waals surface area contributed by atoms with Crippen molar-refractivity contribution in [3.05, 3.63) is 24.3 Å². The van der Waals surface area contributed by atoms with E-state index >= 15 is 0 Å². The van der Waals surface area contributed by atoms with Gasteiger partial charge in [0.1, 0.15) is 0 Å². The van der Waals surface area contributed by atoms with E-state index in [0.29, 0.717) is 26.1 Å². The summed E-state index contributed by atoms with van der Waals surface area (Å²) in [5.74, 6) is 0.442. The van der Waals surface area contributed by atoms with Crippen molar-refractivity contribution in [1.82, 2.24) is 0 Å². The van der Waals surface area contributed by atoms with Crippen molar-refractivity contribution in [2.75, 3.05) is 36.6 Å². The number of carbonyl (C=O) groups is 2. The zero-order valence-electron chi connectivity index (χ0n) is 13.0. The number of fused-ring (bicyclic) bond motifs is 1. The number of hydrogen-bond donors (Lipinski definition) is 0. The van der Waals surface area contributed by atoms with Crippen LogP contribution in [-0.4, -0.2) is 38.6 Å². The van der Waals surface area contributed by atoms with Gasteiger partial charge in [-0.3, -0.25) is 9.59 Å². The highest BCUT2D eigenvalue weighted by Gasteiger charge is 2.36. The predicted octanol–water partition coefficient (Wildman–Crippen LogP) is 2.20. The van der Waals surface area contributed by atoms with Gasteiger partial charge in [0, 0.05) is 26.1 Å². The second kappa shape index (κ2) is 6.48. The lowest BCUT2D eigenvalue weighted by Crippen LogP contribution is -2.32. The first-order valence-corrected chi connectivity index (χ1v) is 7.92. The number of amides is 2. The minimum Gasteiger partial charge on any atom is -0.384 e. The van der Waals surface area contributed by atoms with E-state index in [-0.39, 0.29) is 17.7 Å². The summed E-state index contributed by atoms with van der Waals surface area (Å²) in [5.41, 5.74) is 1.71. The van der Waals surface area contributed by atoms with Gasteiger partial charge in [-0.25, -0.2) is 0 Å². The summed E-state index contributed by atoms with van der Waals surface area (Å²) in [6.07, 6.45) is 3.15. The second-order valence-electron chi connectivity index (χ2n) is 5.89. The smallest absolute Gasteiger partial charge is 0.230 e. The highest BCUT2D eigenvalue weighted by atomic mass is 16.5. The van der Waals surface area contributed by atoms with Crippen LogP contribution in [0.5, 0.6) is 0 Å². The fourth-order valence-corrected chi connectivity index (χ4v) is 2.91. The number of methoxy groups -OCH3 is 1. The molecule has 1 aliphatic carbocycles. The van der Waals surface area contributed by atoms with Gasteiger partial charge < -0.3 is 14.5 Å². The van der Waals surface area contributed by atoms with Crippen LogP contribution < -0.4 is 9.80 Å². The predicted molar refractivity (Wildman–Crippen MR) is 85.0 cm³/mol. The van der Waals surface area contributed by atoms with E-state index in [9.17, 15) is 9.59 Å². The molecule has 1 saturated carbocycles. The van der Waals surface area contributed by atoms with E-state index in [1.54, 1.807) is 12.0 Å². The zero-order chi connectivity index (χ0) is 15.5. The molecule has 1 aromatic carbocycles. The van der Waals surface area contributed by atoms with E-state index in [4.69, 9.17) is 4.74 Å². The highest BCUT2D eigenvalue weighted by molar-refractivity contribution is 6.04. The maximum Gasteiger partial charge on any atom is 0.230 e. The van der Waals surface area contributed by atoms with Crippen LogP contribution in [0.2, 0.25) is 0 Å². The van der Waals surface area contributed by atoms with Crippen molar-refractivity contribution in [3.63, 3.8) is 0 Å². The van der Waals surface area contributed by atoms with Crippen molar-refractivity contribution in [2.45, 2.75) is 25.7 Å². The molecule has 0 unspecified atom stereocenters. The Balaban J connectivity index is 1.89. The van der Waals surface area contributed by atoms with Gasteiger partial charge in [-0.2, -0.15) is 0 Å². The summed E-state index contributed by atoms with van der Waals surface area (Å²) in [5, 5.41) is 0. The Bertz CT molecular complexity index is 569. The molecule has 5 nitrogen and oxygen atoms in total. The van der Waals surface area contributed by atoms with Crippen molar-refractivity contribution in [3.8, 4) is 0 Å². The van der Waals surface area contributed by atoms with E-state index in [2.05, 4.69) is 0 Å². The Kier molecular flexibility index (Phi) is 4.43. The molecular formula is C17H22N2O3. The van der Waals surface area contributed by atoms with Gasteiger partial charge >= 0.3 is 0 Å². The lowest BCUT2D eigenvalue weighted by atomic mass is 10.2. The van der Waals surface area contributed by atoms with Gasteiger partial charge in [0.05, 0.1) is 24.4 Å². The number of anilines is 2. The maximum atomic E-state index is 12.5. The Labute approximate surface area is 130 Å². The molecule has 1 aromatic rings. The molecule has 2 aliphatic rings. The van der Waals surface area contributed by atoms with E-state index in [1.807, 2.05) is 29.2 Å². The maximum absolute atomic E-state index is 12.5. The largest absolute Gasteiger partial charge is 0.384 e. The Hall–Kier alpha value is -1.88. The fraction of sp³-hybridized carbons (Fsp3) is 0.529. The molecule has 1 heterocycles. The molecule has 0 aromatic heterocycles. The van der Waals surface area contributed by atoms with Gasteiger partial charge in [-0.15, -0.1) is 0 Å². The minimum absolute atomic E-state index is 0.0509. The van der Waals surface area contributed by atoms with Crippen LogP contribution >= 0.6 is 0 Å². The van der Waals surface area contributed by atoms with Crippen LogP contribution in [-0.2, 0) is 14.3 Å². The van der Waals surface area contributed by atoms with Crippen LogP contribution in [0.4, 0.5) is 11.4 Å². The third kappa shape index (κ3) is 2.99. The Morgan fingerprint density at radius 3 is 2.41 bits per heavy atom. The van der Waals surface area contributed by atoms with Crippen molar-refractivity contribution in [1.29, 1.82) is 0 Å². The number of rotatable bonds is 4. The molecule has 22 heavy (non-hydrogen) atoms. The van der Waals surface area contributed by atoms with Crippen LogP contribution in [0.3, 0.4) is 0 Å². The molecule has 0 spiro atoms. The zero-order valence-corrected chi connectivity index (χ0v) is 13.0. The van der Waals surface area contributed by atoms with Crippen LogP contribution in [0.1, 0.15) is 25.7 Å².